The molecule has 0 bridgehead atoms. The fourth-order valence-corrected chi connectivity index (χ4v) is 2.56. The van der Waals surface area contributed by atoms with Crippen molar-refractivity contribution in [1.82, 2.24) is 4.57 Å². The molecule has 0 unspecified atom stereocenters. The third-order valence-corrected chi connectivity index (χ3v) is 3.63. The summed E-state index contributed by atoms with van der Waals surface area (Å²) in [6.07, 6.45) is 1.91. The van der Waals surface area contributed by atoms with Crippen molar-refractivity contribution in [3.63, 3.8) is 0 Å². The average molecular weight is 358 g/mol. The third-order valence-electron chi connectivity index (χ3n) is 3.63. The van der Waals surface area contributed by atoms with Gasteiger partial charge in [-0.05, 0) is 45.7 Å². The summed E-state index contributed by atoms with van der Waals surface area (Å²) in [6, 6.07) is 9.41. The van der Waals surface area contributed by atoms with Crippen molar-refractivity contribution in [3.05, 3.63) is 36.0 Å². The summed E-state index contributed by atoms with van der Waals surface area (Å²) in [5, 5.41) is 4.89. The van der Waals surface area contributed by atoms with E-state index < -0.39 is 17.7 Å². The Bertz CT molecular complexity index is 828. The van der Waals surface area contributed by atoms with Crippen LogP contribution in [0, 0.1) is 0 Å². The Morgan fingerprint density at radius 3 is 2.50 bits per heavy atom. The molecule has 0 saturated carbocycles. The van der Waals surface area contributed by atoms with Crippen LogP contribution in [0.15, 0.2) is 35.5 Å². The smallest absolute Gasteiger partial charge is 0.419 e. The Morgan fingerprint density at radius 2 is 1.88 bits per heavy atom. The number of carbonyl (C=O) groups excluding carboxylic acids is 2. The van der Waals surface area contributed by atoms with Crippen molar-refractivity contribution >= 4 is 28.7 Å². The normalized spacial score (nSPS) is 12.3. The molecule has 26 heavy (non-hydrogen) atoms. The summed E-state index contributed by atoms with van der Waals surface area (Å²) in [6.45, 7) is 8.82. The van der Waals surface area contributed by atoms with E-state index in [1.807, 2.05) is 51.1 Å². The molecule has 0 saturated heterocycles. The minimum Gasteiger partial charge on any atom is -0.443 e. The topological polar surface area (TPSA) is 69.9 Å². The van der Waals surface area contributed by atoms with Crippen LogP contribution in [-0.2, 0) is 14.4 Å². The van der Waals surface area contributed by atoms with Crippen molar-refractivity contribution in [2.24, 2.45) is 5.16 Å². The summed E-state index contributed by atoms with van der Waals surface area (Å²) in [4.78, 5) is 28.9. The number of benzene rings is 1. The molecule has 1 heterocycles. The summed E-state index contributed by atoms with van der Waals surface area (Å²) < 4.78 is 7.07. The summed E-state index contributed by atoms with van der Waals surface area (Å²) in [5.74, 6) is -0.501. The van der Waals surface area contributed by atoms with Crippen molar-refractivity contribution in [1.29, 1.82) is 0 Å². The summed E-state index contributed by atoms with van der Waals surface area (Å²) in [7, 11) is 0. The van der Waals surface area contributed by atoms with Crippen LogP contribution in [0.25, 0.3) is 10.9 Å². The molecule has 0 aliphatic rings. The van der Waals surface area contributed by atoms with Gasteiger partial charge in [-0.25, -0.2) is 14.2 Å². The Hall–Kier alpha value is -2.63. The summed E-state index contributed by atoms with van der Waals surface area (Å²) in [5.41, 5.74) is 1.22. The minimum atomic E-state index is -0.629. The third kappa shape index (κ3) is 4.94. The molecule has 0 aliphatic carbocycles. The molecule has 0 fully saturated rings. The molecule has 0 amide bonds. The first-order chi connectivity index (χ1) is 12.2. The zero-order valence-electron chi connectivity index (χ0n) is 16.0. The zero-order chi connectivity index (χ0) is 19.3. The van der Waals surface area contributed by atoms with Gasteiger partial charge >= 0.3 is 12.1 Å². The maximum absolute atomic E-state index is 12.9. The average Bonchev–Trinajstić information content (AvgIpc) is 2.92. The van der Waals surface area contributed by atoms with Gasteiger partial charge in [-0.3, -0.25) is 0 Å². The zero-order valence-corrected chi connectivity index (χ0v) is 16.0. The van der Waals surface area contributed by atoms with Crippen molar-refractivity contribution in [2.75, 3.05) is 0 Å². The summed E-state index contributed by atoms with van der Waals surface area (Å²) >= 11 is 0. The number of fused-ring (bicyclic) bond motifs is 1. The number of para-hydroxylation sites is 1. The van der Waals surface area contributed by atoms with Crippen LogP contribution >= 0.6 is 0 Å². The fraction of sp³-hybridized carbons (Fsp3) is 0.450. The molecule has 2 rings (SSSR count). The molecule has 1 aromatic heterocycles. The monoisotopic (exact) mass is 358 g/mol. The van der Waals surface area contributed by atoms with Crippen LogP contribution in [0.3, 0.4) is 0 Å². The van der Waals surface area contributed by atoms with Gasteiger partial charge in [0.1, 0.15) is 11.3 Å². The van der Waals surface area contributed by atoms with Gasteiger partial charge in [-0.1, -0.05) is 36.7 Å². The Morgan fingerprint density at radius 1 is 1.19 bits per heavy atom. The predicted octanol–water partition coefficient (Wildman–Crippen LogP) is 4.88. The number of carbonyl (C=O) groups is 2. The molecule has 1 aromatic carbocycles. The van der Waals surface area contributed by atoms with Crippen molar-refractivity contribution in [3.8, 4) is 0 Å². The van der Waals surface area contributed by atoms with Gasteiger partial charge in [0.2, 0.25) is 0 Å². The molecule has 0 atom stereocenters. The highest BCUT2D eigenvalue weighted by Crippen LogP contribution is 2.24. The van der Waals surface area contributed by atoms with Gasteiger partial charge in [0.25, 0.3) is 0 Å². The van der Waals surface area contributed by atoms with E-state index in [4.69, 9.17) is 9.57 Å². The van der Waals surface area contributed by atoms with E-state index in [1.165, 1.54) is 11.5 Å². The minimum absolute atomic E-state index is 0.485. The van der Waals surface area contributed by atoms with Gasteiger partial charge in [-0.2, -0.15) is 0 Å². The van der Waals surface area contributed by atoms with Crippen molar-refractivity contribution in [2.45, 2.75) is 59.5 Å². The van der Waals surface area contributed by atoms with E-state index in [0.717, 1.165) is 23.7 Å². The van der Waals surface area contributed by atoms with Crippen LogP contribution < -0.4 is 0 Å². The molecule has 6 nitrogen and oxygen atoms in total. The molecule has 6 heteroatoms. The second-order valence-electron chi connectivity index (χ2n) is 7.13. The van der Waals surface area contributed by atoms with Crippen LogP contribution in [0.2, 0.25) is 0 Å². The molecular formula is C20H26N2O4. The molecule has 0 N–H and O–H groups in total. The van der Waals surface area contributed by atoms with Gasteiger partial charge in [0.15, 0.2) is 0 Å². The van der Waals surface area contributed by atoms with Crippen molar-refractivity contribution < 1.29 is 19.2 Å². The molecule has 0 radical (unpaired) electrons. The van der Waals surface area contributed by atoms with Gasteiger partial charge < -0.3 is 9.57 Å². The van der Waals surface area contributed by atoms with E-state index in [9.17, 15) is 9.59 Å². The lowest BCUT2D eigenvalue weighted by Gasteiger charge is -2.21. The largest absolute Gasteiger partial charge is 0.443 e. The lowest BCUT2D eigenvalue weighted by Crippen LogP contribution is -2.29. The Labute approximate surface area is 153 Å². The second-order valence-corrected chi connectivity index (χ2v) is 7.13. The quantitative estimate of drug-likeness (QED) is 0.434. The second kappa shape index (κ2) is 8.17. The van der Waals surface area contributed by atoms with Crippen LogP contribution in [-0.4, -0.2) is 27.9 Å². The number of hydrogen-bond donors (Lipinski definition) is 0. The molecule has 0 aliphatic heterocycles. The predicted molar refractivity (Wildman–Crippen MR) is 101 cm³/mol. The van der Waals surface area contributed by atoms with E-state index in [1.54, 1.807) is 0 Å². The van der Waals surface area contributed by atoms with Crippen LogP contribution in [0.5, 0.6) is 0 Å². The van der Waals surface area contributed by atoms with E-state index in [-0.39, 0.29) is 0 Å². The molecule has 2 aromatic rings. The molecule has 140 valence electrons. The van der Waals surface area contributed by atoms with E-state index >= 15 is 0 Å². The first-order valence-corrected chi connectivity index (χ1v) is 8.81. The van der Waals surface area contributed by atoms with E-state index in [2.05, 4.69) is 12.1 Å². The lowest BCUT2D eigenvalue weighted by atomic mass is 10.1. The highest BCUT2D eigenvalue weighted by Gasteiger charge is 2.24. The van der Waals surface area contributed by atoms with Gasteiger partial charge in [-0.15, -0.1) is 0 Å². The maximum Gasteiger partial charge on any atom is 0.419 e. The Kier molecular flexibility index (Phi) is 6.18. The number of rotatable bonds is 5. The lowest BCUT2D eigenvalue weighted by molar-refractivity contribution is -0.140. The first-order valence-electron chi connectivity index (χ1n) is 8.81. The molecular weight excluding hydrogens is 332 g/mol. The number of unbranched alkanes of at least 4 members (excludes halogenated alkanes) is 1. The highest BCUT2D eigenvalue weighted by molar-refractivity contribution is 6.07. The van der Waals surface area contributed by atoms with E-state index in [0.29, 0.717) is 17.8 Å². The van der Waals surface area contributed by atoms with Crippen LogP contribution in [0.1, 0.15) is 59.6 Å². The molecule has 0 spiro atoms. The standard InChI is InChI=1S/C20H26N2O4/c1-6-7-11-16(21-26-14(2)23)18-13-15-10-8-9-12-17(15)22(18)19(24)25-20(3,4)5/h8-10,12-13H,6-7,11H2,1-5H3/b21-16+. The number of hydrogen-bond acceptors (Lipinski definition) is 5. The highest BCUT2D eigenvalue weighted by atomic mass is 16.7. The number of ether oxygens (including phenoxy) is 1. The first kappa shape index (κ1) is 19.7. The fourth-order valence-electron chi connectivity index (χ4n) is 2.56. The number of aromatic nitrogens is 1. The van der Waals surface area contributed by atoms with Crippen LogP contribution in [0.4, 0.5) is 4.79 Å². The van der Waals surface area contributed by atoms with Gasteiger partial charge in [0, 0.05) is 12.3 Å². The number of nitrogens with zero attached hydrogens (tertiary/aromatic N) is 2. The maximum atomic E-state index is 12.9. The Balaban J connectivity index is 2.59. The number of oxime groups is 1. The SMILES string of the molecule is CCCC/C(=N\OC(C)=O)c1cc2ccccc2n1C(=O)OC(C)(C)C. The van der Waals surface area contributed by atoms with Gasteiger partial charge in [0.05, 0.1) is 11.2 Å².